The van der Waals surface area contributed by atoms with Crippen molar-refractivity contribution in [2.75, 3.05) is 0 Å². The van der Waals surface area contributed by atoms with Crippen molar-refractivity contribution < 1.29 is 14.6 Å². The standard InChI is InChI=1S/C10H9O3/c11-9-4-2-1-3-8(9)10-7-12-5-6-13-10/h2,4,6-7,11H,1,3H2. The van der Waals surface area contributed by atoms with Gasteiger partial charge < -0.3 is 14.6 Å². The molecule has 0 unspecified atom stereocenters. The van der Waals surface area contributed by atoms with Crippen LogP contribution < -0.4 is 0 Å². The monoisotopic (exact) mass is 177 g/mol. The zero-order valence-electron chi connectivity index (χ0n) is 6.99. The van der Waals surface area contributed by atoms with Crippen LogP contribution in [0.15, 0.2) is 41.8 Å². The lowest BCUT2D eigenvalue weighted by Crippen LogP contribution is -2.02. The summed E-state index contributed by atoms with van der Waals surface area (Å²) in [6.07, 6.45) is 10.5. The van der Waals surface area contributed by atoms with Crippen molar-refractivity contribution in [2.24, 2.45) is 0 Å². The maximum Gasteiger partial charge on any atom is 0.207 e. The largest absolute Gasteiger partial charge is 0.508 e. The molecule has 0 aromatic rings. The van der Waals surface area contributed by atoms with Crippen LogP contribution in [0.2, 0.25) is 0 Å². The molecule has 0 amide bonds. The molecular formula is C10H9O3. The number of rotatable bonds is 1. The second-order valence-corrected chi connectivity index (χ2v) is 2.76. The van der Waals surface area contributed by atoms with Gasteiger partial charge >= 0.3 is 0 Å². The number of hydrogen-bond acceptors (Lipinski definition) is 3. The molecule has 1 aliphatic heterocycles. The van der Waals surface area contributed by atoms with E-state index in [1.165, 1.54) is 12.5 Å². The van der Waals surface area contributed by atoms with Gasteiger partial charge in [-0.05, 0) is 18.9 Å². The van der Waals surface area contributed by atoms with Crippen molar-refractivity contribution in [1.82, 2.24) is 0 Å². The third kappa shape index (κ3) is 1.59. The van der Waals surface area contributed by atoms with Crippen LogP contribution in [0.3, 0.4) is 0 Å². The van der Waals surface area contributed by atoms with E-state index < -0.39 is 0 Å². The van der Waals surface area contributed by atoms with Gasteiger partial charge in [-0.1, -0.05) is 6.08 Å². The summed E-state index contributed by atoms with van der Waals surface area (Å²) in [4.78, 5) is 0. The van der Waals surface area contributed by atoms with Crippen molar-refractivity contribution >= 4 is 0 Å². The molecule has 0 bridgehead atoms. The second kappa shape index (κ2) is 3.39. The van der Waals surface area contributed by atoms with Crippen molar-refractivity contribution in [2.45, 2.75) is 12.8 Å². The molecule has 1 N–H and O–H groups in total. The van der Waals surface area contributed by atoms with E-state index in [4.69, 9.17) is 9.47 Å². The normalized spacial score (nSPS) is 20.8. The minimum absolute atomic E-state index is 0.247. The van der Waals surface area contributed by atoms with Crippen LogP contribution in [0, 0.1) is 6.26 Å². The Labute approximate surface area is 76.3 Å². The molecule has 0 aromatic carbocycles. The molecule has 0 spiro atoms. The third-order valence-corrected chi connectivity index (χ3v) is 1.91. The highest BCUT2D eigenvalue weighted by Gasteiger charge is 2.15. The SMILES string of the molecule is OC1=C(C2=CO[C]=CO2)CCC=C1. The third-order valence-electron chi connectivity index (χ3n) is 1.91. The fourth-order valence-electron chi connectivity index (χ4n) is 1.27. The summed E-state index contributed by atoms with van der Waals surface area (Å²) in [5, 5.41) is 9.50. The van der Waals surface area contributed by atoms with Gasteiger partial charge in [0.15, 0.2) is 5.76 Å². The maximum atomic E-state index is 9.50. The Hall–Kier alpha value is -1.64. The first kappa shape index (κ1) is 7.98. The molecule has 3 nitrogen and oxygen atoms in total. The molecule has 0 aromatic heterocycles. The number of aliphatic hydroxyl groups excluding tert-OH is 1. The second-order valence-electron chi connectivity index (χ2n) is 2.76. The molecule has 1 aliphatic carbocycles. The lowest BCUT2D eigenvalue weighted by Gasteiger charge is -2.15. The van der Waals surface area contributed by atoms with Crippen LogP contribution in [-0.4, -0.2) is 5.11 Å². The Bertz CT molecular complexity index is 321. The van der Waals surface area contributed by atoms with E-state index in [2.05, 4.69) is 6.26 Å². The first-order chi connectivity index (χ1) is 6.38. The molecule has 3 heteroatoms. The predicted molar refractivity (Wildman–Crippen MR) is 46.1 cm³/mol. The lowest BCUT2D eigenvalue weighted by molar-refractivity contribution is 0.243. The molecule has 1 radical (unpaired) electrons. The van der Waals surface area contributed by atoms with Gasteiger partial charge in [-0.2, -0.15) is 0 Å². The van der Waals surface area contributed by atoms with E-state index in [-0.39, 0.29) is 5.76 Å². The quantitative estimate of drug-likeness (QED) is 0.668. The molecule has 0 saturated heterocycles. The highest BCUT2D eigenvalue weighted by Crippen LogP contribution is 2.26. The molecule has 2 aliphatic rings. The highest BCUT2D eigenvalue weighted by atomic mass is 16.5. The van der Waals surface area contributed by atoms with Gasteiger partial charge in [0, 0.05) is 5.57 Å². The van der Waals surface area contributed by atoms with E-state index in [1.807, 2.05) is 6.08 Å². The Kier molecular flexibility index (Phi) is 2.08. The first-order valence-electron chi connectivity index (χ1n) is 4.06. The Morgan fingerprint density at radius 2 is 2.38 bits per heavy atom. The zero-order valence-corrected chi connectivity index (χ0v) is 6.99. The molecular weight excluding hydrogens is 168 g/mol. The summed E-state index contributed by atoms with van der Waals surface area (Å²) in [7, 11) is 0. The Morgan fingerprint density at radius 1 is 1.46 bits per heavy atom. The molecule has 0 fully saturated rings. The van der Waals surface area contributed by atoms with Crippen molar-refractivity contribution in [1.29, 1.82) is 0 Å². The summed E-state index contributed by atoms with van der Waals surface area (Å²) in [5.41, 5.74) is 0.778. The highest BCUT2D eigenvalue weighted by molar-refractivity contribution is 5.35. The van der Waals surface area contributed by atoms with Crippen molar-refractivity contribution in [3.8, 4) is 0 Å². The van der Waals surface area contributed by atoms with Gasteiger partial charge in [-0.25, -0.2) is 0 Å². The van der Waals surface area contributed by atoms with Gasteiger partial charge in [-0.3, -0.25) is 0 Å². The molecule has 67 valence electrons. The number of hydrogen-bond donors (Lipinski definition) is 1. The van der Waals surface area contributed by atoms with Gasteiger partial charge in [0.25, 0.3) is 0 Å². The number of aliphatic hydroxyl groups is 1. The summed E-state index contributed by atoms with van der Waals surface area (Å²) >= 11 is 0. The Balaban J connectivity index is 2.24. The van der Waals surface area contributed by atoms with Gasteiger partial charge in [0.05, 0.1) is 0 Å². The van der Waals surface area contributed by atoms with E-state index in [1.54, 1.807) is 6.08 Å². The predicted octanol–water partition coefficient (Wildman–Crippen LogP) is 2.31. The number of allylic oxidation sites excluding steroid dienone is 3. The topological polar surface area (TPSA) is 38.7 Å². The van der Waals surface area contributed by atoms with Crippen LogP contribution in [-0.2, 0) is 9.47 Å². The molecule has 1 heterocycles. The van der Waals surface area contributed by atoms with Crippen LogP contribution in [0.25, 0.3) is 0 Å². The fourth-order valence-corrected chi connectivity index (χ4v) is 1.27. The van der Waals surface area contributed by atoms with Gasteiger partial charge in [0.1, 0.15) is 18.3 Å². The maximum absolute atomic E-state index is 9.50. The van der Waals surface area contributed by atoms with Crippen LogP contribution in [0.5, 0.6) is 0 Å². The van der Waals surface area contributed by atoms with E-state index >= 15 is 0 Å². The molecule has 13 heavy (non-hydrogen) atoms. The number of ether oxygens (including phenoxy) is 2. The van der Waals surface area contributed by atoms with Crippen molar-refractivity contribution in [3.63, 3.8) is 0 Å². The molecule has 0 saturated carbocycles. The first-order valence-corrected chi connectivity index (χ1v) is 4.06. The van der Waals surface area contributed by atoms with Crippen LogP contribution in [0.1, 0.15) is 12.8 Å². The van der Waals surface area contributed by atoms with E-state index in [0.29, 0.717) is 5.76 Å². The van der Waals surface area contributed by atoms with E-state index in [9.17, 15) is 5.11 Å². The van der Waals surface area contributed by atoms with Gasteiger partial charge in [0.2, 0.25) is 6.26 Å². The van der Waals surface area contributed by atoms with Crippen LogP contribution in [0.4, 0.5) is 0 Å². The minimum Gasteiger partial charge on any atom is -0.508 e. The Morgan fingerprint density at radius 3 is 3.08 bits per heavy atom. The minimum atomic E-state index is 0.247. The average Bonchev–Trinajstić information content (AvgIpc) is 2.20. The summed E-state index contributed by atoms with van der Waals surface area (Å²) < 4.78 is 9.96. The summed E-state index contributed by atoms with van der Waals surface area (Å²) in [6, 6.07) is 0. The van der Waals surface area contributed by atoms with Gasteiger partial charge in [-0.15, -0.1) is 0 Å². The fraction of sp³-hybridized carbons (Fsp3) is 0.200. The summed E-state index contributed by atoms with van der Waals surface area (Å²) in [6.45, 7) is 0. The molecule has 0 atom stereocenters. The van der Waals surface area contributed by atoms with E-state index in [0.717, 1.165) is 18.4 Å². The van der Waals surface area contributed by atoms with Crippen LogP contribution >= 0.6 is 0 Å². The zero-order chi connectivity index (χ0) is 9.10. The smallest absolute Gasteiger partial charge is 0.207 e. The molecule has 2 rings (SSSR count). The average molecular weight is 177 g/mol. The lowest BCUT2D eigenvalue weighted by atomic mass is 10.0. The van der Waals surface area contributed by atoms with Crippen molar-refractivity contribution in [3.05, 3.63) is 48.0 Å². The summed E-state index contributed by atoms with van der Waals surface area (Å²) in [5.74, 6) is 0.803.